The van der Waals surface area contributed by atoms with Gasteiger partial charge in [-0.3, -0.25) is 0 Å². The van der Waals surface area contributed by atoms with Crippen LogP contribution in [0.25, 0.3) is 0 Å². The van der Waals surface area contributed by atoms with Crippen molar-refractivity contribution in [1.82, 2.24) is 20.0 Å². The molecule has 2 fully saturated rings. The van der Waals surface area contributed by atoms with E-state index in [1.807, 2.05) is 4.90 Å². The number of hydrogen-bond acceptors (Lipinski definition) is 9. The fourth-order valence-corrected chi connectivity index (χ4v) is 5.24. The topological polar surface area (TPSA) is 126 Å². The molecule has 14 heteroatoms. The number of nitrogens with one attached hydrogen (secondary N) is 2. The number of anilines is 1. The number of piperidine rings is 1. The lowest BCUT2D eigenvalue weighted by Gasteiger charge is -2.38. The average Bonchev–Trinajstić information content (AvgIpc) is 3.28. The highest BCUT2D eigenvalue weighted by atomic mass is 32.2. The van der Waals surface area contributed by atoms with E-state index in [9.17, 15) is 26.7 Å². The van der Waals surface area contributed by atoms with Crippen molar-refractivity contribution in [3.05, 3.63) is 42.2 Å². The molecule has 10 nitrogen and oxygen atoms in total. The number of aliphatic hydroxyl groups excluding tert-OH is 1. The summed E-state index contributed by atoms with van der Waals surface area (Å²) in [6.07, 6.45) is -1.57. The third-order valence-corrected chi connectivity index (χ3v) is 8.01. The summed E-state index contributed by atoms with van der Waals surface area (Å²) < 4.78 is 76.0. The third-order valence-electron chi connectivity index (χ3n) is 6.60. The van der Waals surface area contributed by atoms with Gasteiger partial charge < -0.3 is 24.8 Å². The summed E-state index contributed by atoms with van der Waals surface area (Å²) in [5.74, 6) is 0.607. The highest BCUT2D eigenvalue weighted by Gasteiger charge is 2.43. The zero-order valence-electron chi connectivity index (χ0n) is 20.2. The SMILES string of the molecule is CNS(=O)(=O)c1cccc(OCC(O)CNC2COC3(CCN(c4ncc(C(F)(F)F)cn4)CC3)C2)c1. The van der Waals surface area contributed by atoms with Crippen LogP contribution in [0.15, 0.2) is 41.6 Å². The quantitative estimate of drug-likeness (QED) is 0.430. The first-order chi connectivity index (χ1) is 17.5. The summed E-state index contributed by atoms with van der Waals surface area (Å²) in [5.41, 5.74) is -1.21. The van der Waals surface area contributed by atoms with E-state index >= 15 is 0 Å². The van der Waals surface area contributed by atoms with Gasteiger partial charge in [0.2, 0.25) is 16.0 Å². The van der Waals surface area contributed by atoms with Crippen LogP contribution < -0.4 is 19.7 Å². The van der Waals surface area contributed by atoms with Gasteiger partial charge in [0.15, 0.2) is 0 Å². The van der Waals surface area contributed by atoms with Gasteiger partial charge in [-0.25, -0.2) is 23.1 Å². The highest BCUT2D eigenvalue weighted by molar-refractivity contribution is 7.89. The number of aliphatic hydroxyl groups is 1. The van der Waals surface area contributed by atoms with Crippen LogP contribution in [0.5, 0.6) is 5.75 Å². The molecule has 2 aliphatic heterocycles. The minimum Gasteiger partial charge on any atom is -0.491 e. The van der Waals surface area contributed by atoms with Crippen LogP contribution in [0.4, 0.5) is 19.1 Å². The van der Waals surface area contributed by atoms with E-state index in [1.165, 1.54) is 19.2 Å². The van der Waals surface area contributed by atoms with Crippen LogP contribution in [0.1, 0.15) is 24.8 Å². The Morgan fingerprint density at radius 1 is 1.27 bits per heavy atom. The summed E-state index contributed by atoms with van der Waals surface area (Å²) in [6, 6.07) is 6.06. The smallest absolute Gasteiger partial charge is 0.419 e. The Morgan fingerprint density at radius 2 is 1.97 bits per heavy atom. The molecule has 0 saturated carbocycles. The van der Waals surface area contributed by atoms with Crippen LogP contribution in [-0.2, 0) is 20.9 Å². The van der Waals surface area contributed by atoms with Crippen LogP contribution in [0.2, 0.25) is 0 Å². The number of sulfonamides is 1. The van der Waals surface area contributed by atoms with Gasteiger partial charge in [-0.05, 0) is 38.4 Å². The summed E-state index contributed by atoms with van der Waals surface area (Å²) in [4.78, 5) is 9.68. The highest BCUT2D eigenvalue weighted by Crippen LogP contribution is 2.37. The maximum Gasteiger partial charge on any atom is 0.419 e. The van der Waals surface area contributed by atoms with Crippen molar-refractivity contribution in [2.24, 2.45) is 0 Å². The van der Waals surface area contributed by atoms with Crippen molar-refractivity contribution in [2.75, 3.05) is 44.8 Å². The van der Waals surface area contributed by atoms with E-state index in [1.54, 1.807) is 12.1 Å². The molecule has 0 amide bonds. The number of hydrogen-bond donors (Lipinski definition) is 3. The van der Waals surface area contributed by atoms with Crippen molar-refractivity contribution in [1.29, 1.82) is 0 Å². The predicted molar refractivity (Wildman–Crippen MR) is 128 cm³/mol. The van der Waals surface area contributed by atoms with E-state index in [0.29, 0.717) is 38.3 Å². The number of benzene rings is 1. The lowest BCUT2D eigenvalue weighted by molar-refractivity contribution is -0.138. The van der Waals surface area contributed by atoms with Crippen molar-refractivity contribution in [3.8, 4) is 5.75 Å². The molecular weight excluding hydrogens is 515 g/mol. The number of ether oxygens (including phenoxy) is 2. The molecule has 1 aromatic heterocycles. The molecule has 2 aromatic rings. The normalized spacial score (nSPS) is 20.8. The first-order valence-electron chi connectivity index (χ1n) is 11.9. The lowest BCUT2D eigenvalue weighted by atomic mass is 9.87. The summed E-state index contributed by atoms with van der Waals surface area (Å²) in [6.45, 7) is 1.86. The Labute approximate surface area is 213 Å². The zero-order valence-corrected chi connectivity index (χ0v) is 21.1. The minimum absolute atomic E-state index is 0.0170. The molecule has 1 spiro atoms. The Bertz CT molecular complexity index is 1160. The predicted octanol–water partition coefficient (Wildman–Crippen LogP) is 1.56. The fourth-order valence-electron chi connectivity index (χ4n) is 4.47. The molecule has 3 heterocycles. The maximum absolute atomic E-state index is 12.7. The van der Waals surface area contributed by atoms with Gasteiger partial charge in [0.25, 0.3) is 0 Å². The van der Waals surface area contributed by atoms with E-state index in [4.69, 9.17) is 9.47 Å². The molecule has 4 rings (SSSR count). The van der Waals surface area contributed by atoms with E-state index < -0.39 is 27.9 Å². The number of nitrogens with zero attached hydrogens (tertiary/aromatic N) is 3. The second kappa shape index (κ2) is 11.1. The first-order valence-corrected chi connectivity index (χ1v) is 13.3. The van der Waals surface area contributed by atoms with Crippen molar-refractivity contribution in [2.45, 2.75) is 48.1 Å². The van der Waals surface area contributed by atoms with Crippen LogP contribution >= 0.6 is 0 Å². The van der Waals surface area contributed by atoms with Crippen LogP contribution in [-0.4, -0.2) is 81.1 Å². The molecule has 2 saturated heterocycles. The van der Waals surface area contributed by atoms with Crippen molar-refractivity contribution >= 4 is 16.0 Å². The second-order valence-corrected chi connectivity index (χ2v) is 11.1. The number of rotatable bonds is 9. The molecule has 0 aliphatic carbocycles. The molecular formula is C23H30F3N5O5S. The van der Waals surface area contributed by atoms with E-state index in [0.717, 1.165) is 18.8 Å². The van der Waals surface area contributed by atoms with Gasteiger partial charge in [-0.1, -0.05) is 6.07 Å². The van der Waals surface area contributed by atoms with Gasteiger partial charge in [-0.15, -0.1) is 0 Å². The molecule has 37 heavy (non-hydrogen) atoms. The number of alkyl halides is 3. The first kappa shape index (κ1) is 27.5. The Balaban J connectivity index is 1.20. The van der Waals surface area contributed by atoms with Crippen molar-refractivity contribution in [3.63, 3.8) is 0 Å². The van der Waals surface area contributed by atoms with Gasteiger partial charge >= 0.3 is 6.18 Å². The Kier molecular flexibility index (Phi) is 8.23. The molecule has 0 radical (unpaired) electrons. The molecule has 0 bridgehead atoms. The zero-order chi connectivity index (χ0) is 26.7. The van der Waals surface area contributed by atoms with Crippen molar-refractivity contribution < 1.29 is 36.2 Å². The van der Waals surface area contributed by atoms with Crippen LogP contribution in [0, 0.1) is 0 Å². The van der Waals surface area contributed by atoms with Gasteiger partial charge in [0.1, 0.15) is 18.5 Å². The Hall–Kier alpha value is -2.52. The van der Waals surface area contributed by atoms with Gasteiger partial charge in [0, 0.05) is 44.1 Å². The lowest BCUT2D eigenvalue weighted by Crippen LogP contribution is -2.45. The third kappa shape index (κ3) is 6.87. The minimum atomic E-state index is -4.47. The largest absolute Gasteiger partial charge is 0.491 e. The van der Waals surface area contributed by atoms with E-state index in [2.05, 4.69) is 20.0 Å². The van der Waals surface area contributed by atoms with E-state index in [-0.39, 0.29) is 35.6 Å². The molecule has 3 N–H and O–H groups in total. The fraction of sp³-hybridized carbons (Fsp3) is 0.565. The summed E-state index contributed by atoms with van der Waals surface area (Å²) in [7, 11) is -2.26. The standard InChI is InChI=1S/C23H30F3N5O5S/c1-27-37(33,34)20-4-2-3-19(9-20)35-15-18(32)13-28-17-10-22(36-14-17)5-7-31(8-6-22)21-29-11-16(12-30-21)23(24,25)26/h2-4,9,11-12,17-18,27-28,32H,5-8,10,13-15H2,1H3. The molecule has 204 valence electrons. The Morgan fingerprint density at radius 3 is 2.62 bits per heavy atom. The van der Waals surface area contributed by atoms with Gasteiger partial charge in [0.05, 0.1) is 22.7 Å². The van der Waals surface area contributed by atoms with Crippen LogP contribution in [0.3, 0.4) is 0 Å². The molecule has 2 unspecified atom stereocenters. The van der Waals surface area contributed by atoms with Gasteiger partial charge in [-0.2, -0.15) is 13.2 Å². The maximum atomic E-state index is 12.7. The molecule has 2 atom stereocenters. The summed E-state index contributed by atoms with van der Waals surface area (Å²) >= 11 is 0. The number of aromatic nitrogens is 2. The summed E-state index contributed by atoms with van der Waals surface area (Å²) in [5, 5.41) is 13.6. The number of halogens is 3. The second-order valence-electron chi connectivity index (χ2n) is 9.21. The molecule has 1 aromatic carbocycles. The molecule has 2 aliphatic rings. The monoisotopic (exact) mass is 545 g/mol. The average molecular weight is 546 g/mol.